The number of aryl methyl sites for hydroxylation is 1. The number of carboxylic acids is 1. The summed E-state index contributed by atoms with van der Waals surface area (Å²) >= 11 is 0. The van der Waals surface area contributed by atoms with E-state index in [9.17, 15) is 19.1 Å². The van der Waals surface area contributed by atoms with E-state index in [1.54, 1.807) is 56.6 Å². The number of hydrogen-bond acceptors (Lipinski definition) is 5. The molecule has 1 aromatic heterocycles. The average molecular weight is 501 g/mol. The summed E-state index contributed by atoms with van der Waals surface area (Å²) in [6, 6.07) is 20.1. The van der Waals surface area contributed by atoms with Crippen molar-refractivity contribution in [3.63, 3.8) is 0 Å². The normalized spacial score (nSPS) is 10.7. The molecule has 3 aromatic carbocycles. The van der Waals surface area contributed by atoms with Gasteiger partial charge in [0.1, 0.15) is 11.6 Å². The summed E-state index contributed by atoms with van der Waals surface area (Å²) < 4.78 is 25.4. The van der Waals surface area contributed by atoms with E-state index in [1.165, 1.54) is 12.1 Å². The van der Waals surface area contributed by atoms with Crippen LogP contribution in [0.25, 0.3) is 11.1 Å². The molecule has 0 unspecified atom stereocenters. The van der Waals surface area contributed by atoms with Gasteiger partial charge in [0.15, 0.2) is 0 Å². The molecule has 4 aromatic rings. The van der Waals surface area contributed by atoms with Crippen molar-refractivity contribution in [2.75, 3.05) is 12.4 Å². The van der Waals surface area contributed by atoms with Gasteiger partial charge in [-0.2, -0.15) is 0 Å². The number of halogens is 1. The number of aromatic nitrogens is 1. The van der Waals surface area contributed by atoms with Crippen molar-refractivity contribution in [2.24, 2.45) is 0 Å². The minimum absolute atomic E-state index is 0.0804. The second kappa shape index (κ2) is 11.5. The molecule has 0 atom stereocenters. The minimum atomic E-state index is -1.07. The number of benzene rings is 3. The number of rotatable bonds is 9. The van der Waals surface area contributed by atoms with E-state index in [4.69, 9.17) is 9.47 Å². The highest BCUT2D eigenvalue weighted by Gasteiger charge is 2.13. The van der Waals surface area contributed by atoms with E-state index in [2.05, 4.69) is 10.3 Å². The van der Waals surface area contributed by atoms with Crippen molar-refractivity contribution >= 4 is 17.6 Å². The van der Waals surface area contributed by atoms with Crippen molar-refractivity contribution in [1.82, 2.24) is 4.98 Å². The number of carbonyl (C=O) groups is 2. The number of methoxy groups -OCH3 is 1. The number of carboxylic acid groups (broad SMARTS) is 1. The summed E-state index contributed by atoms with van der Waals surface area (Å²) in [6.07, 6.45) is 1.56. The summed E-state index contributed by atoms with van der Waals surface area (Å²) in [7, 11) is 1.60. The quantitative estimate of drug-likeness (QED) is 0.298. The first-order valence-corrected chi connectivity index (χ1v) is 11.4. The predicted octanol–water partition coefficient (Wildman–Crippen LogP) is 5.87. The molecule has 0 bridgehead atoms. The van der Waals surface area contributed by atoms with E-state index in [0.717, 1.165) is 11.3 Å². The SMILES string of the molecule is COc1ccc(COCc2ccc(NC(=O)c3cccc(-c4cnc(C)c(C(=O)O)c4)c3)cc2F)cc1. The van der Waals surface area contributed by atoms with Crippen LogP contribution in [0.4, 0.5) is 10.1 Å². The molecule has 188 valence electrons. The standard InChI is InChI=1S/C29H25FN2O5/c1-18-26(29(34)35)13-23(15-31-18)20-4-3-5-21(12-20)28(33)32-24-9-8-22(27(30)14-24)17-37-16-19-6-10-25(36-2)11-7-19/h3-15H,16-17H2,1-2H3,(H,32,33)(H,34,35). The van der Waals surface area contributed by atoms with E-state index in [1.807, 2.05) is 24.3 Å². The number of carbonyl (C=O) groups excluding carboxylic acids is 1. The maximum atomic E-state index is 14.6. The maximum Gasteiger partial charge on any atom is 0.337 e. The van der Waals surface area contributed by atoms with Crippen LogP contribution < -0.4 is 10.1 Å². The van der Waals surface area contributed by atoms with Crippen molar-refractivity contribution in [3.05, 3.63) is 113 Å². The number of pyridine rings is 1. The Morgan fingerprint density at radius 1 is 0.973 bits per heavy atom. The molecule has 0 aliphatic heterocycles. The molecule has 8 heteroatoms. The second-order valence-corrected chi connectivity index (χ2v) is 8.34. The molecule has 1 amide bonds. The maximum absolute atomic E-state index is 14.6. The van der Waals surface area contributed by atoms with Crippen LogP contribution in [0.3, 0.4) is 0 Å². The topological polar surface area (TPSA) is 97.8 Å². The van der Waals surface area contributed by atoms with Gasteiger partial charge in [-0.25, -0.2) is 9.18 Å². The Labute approximate surface area is 213 Å². The molecule has 7 nitrogen and oxygen atoms in total. The fraction of sp³-hybridized carbons (Fsp3) is 0.138. The Hall–Kier alpha value is -4.56. The van der Waals surface area contributed by atoms with Crippen LogP contribution in [0.5, 0.6) is 5.75 Å². The first-order valence-electron chi connectivity index (χ1n) is 11.4. The molecule has 0 saturated heterocycles. The van der Waals surface area contributed by atoms with Gasteiger partial charge in [-0.05, 0) is 60.5 Å². The molecule has 0 aliphatic carbocycles. The summed E-state index contributed by atoms with van der Waals surface area (Å²) in [5, 5.41) is 12.1. The third-order valence-corrected chi connectivity index (χ3v) is 5.77. The lowest BCUT2D eigenvalue weighted by Crippen LogP contribution is -2.12. The molecular weight excluding hydrogens is 475 g/mol. The van der Waals surface area contributed by atoms with Crippen LogP contribution >= 0.6 is 0 Å². The Bertz CT molecular complexity index is 1440. The second-order valence-electron chi connectivity index (χ2n) is 8.34. The molecule has 37 heavy (non-hydrogen) atoms. The lowest BCUT2D eigenvalue weighted by atomic mass is 10.0. The Balaban J connectivity index is 1.40. The molecule has 0 spiro atoms. The molecule has 0 saturated carbocycles. The molecule has 0 radical (unpaired) electrons. The molecule has 4 rings (SSSR count). The Morgan fingerprint density at radius 2 is 1.76 bits per heavy atom. The zero-order valence-electron chi connectivity index (χ0n) is 20.3. The van der Waals surface area contributed by atoms with Gasteiger partial charge in [0.25, 0.3) is 5.91 Å². The van der Waals surface area contributed by atoms with Gasteiger partial charge >= 0.3 is 5.97 Å². The number of amides is 1. The monoisotopic (exact) mass is 500 g/mol. The van der Waals surface area contributed by atoms with E-state index < -0.39 is 17.7 Å². The van der Waals surface area contributed by atoms with Gasteiger partial charge in [-0.3, -0.25) is 9.78 Å². The molecule has 0 fully saturated rings. The van der Waals surface area contributed by atoms with Crippen LogP contribution in [0, 0.1) is 12.7 Å². The third kappa shape index (κ3) is 6.36. The van der Waals surface area contributed by atoms with Crippen LogP contribution in [-0.4, -0.2) is 29.1 Å². The highest BCUT2D eigenvalue weighted by Crippen LogP contribution is 2.23. The first-order chi connectivity index (χ1) is 17.8. The lowest BCUT2D eigenvalue weighted by Gasteiger charge is -2.10. The molecule has 0 aliphatic rings. The summed E-state index contributed by atoms with van der Waals surface area (Å²) in [5.74, 6) is -1.24. The lowest BCUT2D eigenvalue weighted by molar-refractivity contribution is 0.0695. The number of nitrogens with one attached hydrogen (secondary N) is 1. The zero-order chi connectivity index (χ0) is 26.4. The van der Waals surface area contributed by atoms with Gasteiger partial charge in [0, 0.05) is 28.6 Å². The fourth-order valence-corrected chi connectivity index (χ4v) is 3.69. The molecule has 2 N–H and O–H groups in total. The third-order valence-electron chi connectivity index (χ3n) is 5.77. The average Bonchev–Trinajstić information content (AvgIpc) is 2.90. The van der Waals surface area contributed by atoms with Gasteiger partial charge in [-0.1, -0.05) is 30.3 Å². The largest absolute Gasteiger partial charge is 0.497 e. The van der Waals surface area contributed by atoms with Crippen molar-refractivity contribution in [2.45, 2.75) is 20.1 Å². The smallest absolute Gasteiger partial charge is 0.337 e. The van der Waals surface area contributed by atoms with Crippen molar-refractivity contribution < 1.29 is 28.6 Å². The van der Waals surface area contributed by atoms with Gasteiger partial charge in [0.05, 0.1) is 31.6 Å². The summed E-state index contributed by atoms with van der Waals surface area (Å²) in [6.45, 7) is 2.02. The number of nitrogens with zero attached hydrogens (tertiary/aromatic N) is 1. The number of aromatic carboxylic acids is 1. The van der Waals surface area contributed by atoms with Crippen LogP contribution in [0.2, 0.25) is 0 Å². The molecule has 1 heterocycles. The first kappa shape index (κ1) is 25.5. The number of hydrogen-bond donors (Lipinski definition) is 2. The minimum Gasteiger partial charge on any atom is -0.497 e. The van der Waals surface area contributed by atoms with Crippen LogP contribution in [0.15, 0.2) is 79.0 Å². The van der Waals surface area contributed by atoms with Crippen LogP contribution in [0.1, 0.15) is 37.5 Å². The number of ether oxygens (including phenoxy) is 2. The summed E-state index contributed by atoms with van der Waals surface area (Å²) in [5.41, 5.74) is 3.65. The van der Waals surface area contributed by atoms with Crippen molar-refractivity contribution in [1.29, 1.82) is 0 Å². The van der Waals surface area contributed by atoms with Gasteiger partial charge in [-0.15, -0.1) is 0 Å². The highest BCUT2D eigenvalue weighted by molar-refractivity contribution is 6.05. The van der Waals surface area contributed by atoms with E-state index in [-0.39, 0.29) is 12.2 Å². The zero-order valence-corrected chi connectivity index (χ0v) is 20.3. The van der Waals surface area contributed by atoms with Gasteiger partial charge < -0.3 is 19.9 Å². The Kier molecular flexibility index (Phi) is 7.90. The highest BCUT2D eigenvalue weighted by atomic mass is 19.1. The van der Waals surface area contributed by atoms with Gasteiger partial charge in [0.2, 0.25) is 0 Å². The summed E-state index contributed by atoms with van der Waals surface area (Å²) in [4.78, 5) is 28.4. The predicted molar refractivity (Wildman–Crippen MR) is 137 cm³/mol. The fourth-order valence-electron chi connectivity index (χ4n) is 3.69. The van der Waals surface area contributed by atoms with E-state index >= 15 is 0 Å². The number of anilines is 1. The van der Waals surface area contributed by atoms with Crippen LogP contribution in [-0.2, 0) is 18.0 Å². The van der Waals surface area contributed by atoms with E-state index in [0.29, 0.717) is 40.2 Å². The molecular formula is C29H25FN2O5. The Morgan fingerprint density at radius 3 is 2.46 bits per heavy atom. The van der Waals surface area contributed by atoms with Crippen molar-refractivity contribution in [3.8, 4) is 16.9 Å².